The average Bonchev–Trinajstić information content (AvgIpc) is 2.69. The first-order valence-corrected chi connectivity index (χ1v) is 7.28. The minimum absolute atomic E-state index is 0.0102. The molecule has 3 rings (SSSR count). The fraction of sp³-hybridized carbons (Fsp3) is 0.125. The SMILES string of the molecule is O=[N+]([O-])c1cc(Br)cc2c1OCC=CC2c1ccccc1. The first kappa shape index (κ1) is 13.8. The van der Waals surface area contributed by atoms with Crippen molar-refractivity contribution in [2.75, 3.05) is 6.61 Å². The summed E-state index contributed by atoms with van der Waals surface area (Å²) < 4.78 is 6.27. The lowest BCUT2D eigenvalue weighted by atomic mass is 9.90. The van der Waals surface area contributed by atoms with Crippen LogP contribution in [0, 0.1) is 10.1 Å². The van der Waals surface area contributed by atoms with Crippen LogP contribution < -0.4 is 4.74 Å². The van der Waals surface area contributed by atoms with Gasteiger partial charge < -0.3 is 4.74 Å². The number of hydrogen-bond donors (Lipinski definition) is 0. The Kier molecular flexibility index (Phi) is 3.75. The highest BCUT2D eigenvalue weighted by Gasteiger charge is 2.26. The summed E-state index contributed by atoms with van der Waals surface area (Å²) in [4.78, 5) is 10.9. The Morgan fingerprint density at radius 2 is 2.00 bits per heavy atom. The molecule has 0 fully saturated rings. The van der Waals surface area contributed by atoms with Crippen molar-refractivity contribution in [3.05, 3.63) is 80.3 Å². The van der Waals surface area contributed by atoms with E-state index in [9.17, 15) is 10.1 Å². The molecule has 0 saturated carbocycles. The molecule has 0 aliphatic carbocycles. The fourth-order valence-corrected chi connectivity index (χ4v) is 2.96. The van der Waals surface area contributed by atoms with Gasteiger partial charge in [0.25, 0.3) is 0 Å². The zero-order chi connectivity index (χ0) is 14.8. The molecule has 1 atom stereocenters. The predicted octanol–water partition coefficient (Wildman–Crippen LogP) is 4.44. The van der Waals surface area contributed by atoms with Crippen LogP contribution in [0.2, 0.25) is 0 Å². The van der Waals surface area contributed by atoms with Crippen molar-refractivity contribution in [2.45, 2.75) is 5.92 Å². The molecule has 2 aromatic carbocycles. The Morgan fingerprint density at radius 1 is 1.24 bits per heavy atom. The van der Waals surface area contributed by atoms with Gasteiger partial charge in [0.05, 0.1) is 4.92 Å². The van der Waals surface area contributed by atoms with E-state index in [0.717, 1.165) is 11.1 Å². The maximum atomic E-state index is 11.3. The molecule has 0 amide bonds. The second kappa shape index (κ2) is 5.69. The first-order chi connectivity index (χ1) is 10.2. The van der Waals surface area contributed by atoms with Crippen molar-refractivity contribution in [1.82, 2.24) is 0 Å². The van der Waals surface area contributed by atoms with Crippen LogP contribution in [-0.4, -0.2) is 11.5 Å². The van der Waals surface area contributed by atoms with Crippen LogP contribution in [0.5, 0.6) is 5.75 Å². The van der Waals surface area contributed by atoms with Crippen molar-refractivity contribution in [2.24, 2.45) is 0 Å². The van der Waals surface area contributed by atoms with Crippen molar-refractivity contribution in [1.29, 1.82) is 0 Å². The van der Waals surface area contributed by atoms with Gasteiger partial charge in [0.2, 0.25) is 5.75 Å². The lowest BCUT2D eigenvalue weighted by Gasteiger charge is -2.16. The summed E-state index contributed by atoms with van der Waals surface area (Å²) in [5.41, 5.74) is 1.87. The van der Waals surface area contributed by atoms with Crippen LogP contribution in [-0.2, 0) is 0 Å². The number of rotatable bonds is 2. The highest BCUT2D eigenvalue weighted by Crippen LogP contribution is 2.42. The molecule has 1 aliphatic heterocycles. The zero-order valence-corrected chi connectivity index (χ0v) is 12.6. The van der Waals surface area contributed by atoms with Crippen LogP contribution >= 0.6 is 15.9 Å². The first-order valence-electron chi connectivity index (χ1n) is 6.49. The van der Waals surface area contributed by atoms with Crippen LogP contribution in [0.3, 0.4) is 0 Å². The van der Waals surface area contributed by atoms with Gasteiger partial charge in [0, 0.05) is 22.0 Å². The highest BCUT2D eigenvalue weighted by molar-refractivity contribution is 9.10. The van der Waals surface area contributed by atoms with Gasteiger partial charge >= 0.3 is 5.69 Å². The molecule has 0 N–H and O–H groups in total. The number of ether oxygens (including phenoxy) is 1. The molecule has 0 radical (unpaired) electrons. The Hall–Kier alpha value is -2.14. The minimum atomic E-state index is -0.406. The van der Waals surface area contributed by atoms with Crippen molar-refractivity contribution >= 4 is 21.6 Å². The Morgan fingerprint density at radius 3 is 2.71 bits per heavy atom. The van der Waals surface area contributed by atoms with Crippen LogP contribution in [0.1, 0.15) is 17.0 Å². The second-order valence-corrected chi connectivity index (χ2v) is 5.64. The van der Waals surface area contributed by atoms with E-state index in [-0.39, 0.29) is 11.6 Å². The highest BCUT2D eigenvalue weighted by atomic mass is 79.9. The van der Waals surface area contributed by atoms with Crippen LogP contribution in [0.25, 0.3) is 0 Å². The smallest absolute Gasteiger partial charge is 0.312 e. The molecule has 0 bridgehead atoms. The van der Waals surface area contributed by atoms with Gasteiger partial charge in [-0.1, -0.05) is 58.4 Å². The molecule has 21 heavy (non-hydrogen) atoms. The molecule has 2 aromatic rings. The predicted molar refractivity (Wildman–Crippen MR) is 83.7 cm³/mol. The summed E-state index contributed by atoms with van der Waals surface area (Å²) in [5.74, 6) is 0.293. The number of nitrogens with zero attached hydrogens (tertiary/aromatic N) is 1. The van der Waals surface area contributed by atoms with Gasteiger partial charge in [-0.2, -0.15) is 0 Å². The summed E-state index contributed by atoms with van der Waals surface area (Å²) in [5, 5.41) is 11.3. The standard InChI is InChI=1S/C16H12BrNO3/c17-12-9-14-13(11-5-2-1-3-6-11)7-4-8-21-16(14)15(10-12)18(19)20/h1-7,9-10,13H,8H2. The maximum Gasteiger partial charge on any atom is 0.312 e. The number of fused-ring (bicyclic) bond motifs is 1. The van der Waals surface area contributed by atoms with E-state index in [1.807, 2.05) is 48.6 Å². The summed E-state index contributed by atoms with van der Waals surface area (Å²) in [6, 6.07) is 13.3. The molecule has 1 unspecified atom stereocenters. The molecular weight excluding hydrogens is 334 g/mol. The lowest BCUT2D eigenvalue weighted by Crippen LogP contribution is -2.03. The third-order valence-electron chi connectivity index (χ3n) is 3.41. The minimum Gasteiger partial charge on any atom is -0.482 e. The van der Waals surface area contributed by atoms with Gasteiger partial charge in [0.1, 0.15) is 6.61 Å². The van der Waals surface area contributed by atoms with Crippen molar-refractivity contribution in [3.63, 3.8) is 0 Å². The maximum absolute atomic E-state index is 11.3. The van der Waals surface area contributed by atoms with E-state index in [2.05, 4.69) is 15.9 Å². The van der Waals surface area contributed by atoms with Gasteiger partial charge in [-0.15, -0.1) is 0 Å². The zero-order valence-electron chi connectivity index (χ0n) is 11.0. The number of benzene rings is 2. The Labute approximate surface area is 130 Å². The number of allylic oxidation sites excluding steroid dienone is 1. The van der Waals surface area contributed by atoms with E-state index in [1.165, 1.54) is 6.07 Å². The third-order valence-corrected chi connectivity index (χ3v) is 3.86. The van der Waals surface area contributed by atoms with E-state index in [0.29, 0.717) is 16.8 Å². The average molecular weight is 346 g/mol. The number of nitro benzene ring substituents is 1. The molecular formula is C16H12BrNO3. The van der Waals surface area contributed by atoms with E-state index in [4.69, 9.17) is 4.74 Å². The van der Waals surface area contributed by atoms with Gasteiger partial charge in [-0.25, -0.2) is 0 Å². The van der Waals surface area contributed by atoms with Gasteiger partial charge in [-0.05, 0) is 11.6 Å². The van der Waals surface area contributed by atoms with Gasteiger partial charge in [0.15, 0.2) is 0 Å². The van der Waals surface area contributed by atoms with Crippen molar-refractivity contribution in [3.8, 4) is 5.75 Å². The van der Waals surface area contributed by atoms with E-state index in [1.54, 1.807) is 0 Å². The van der Waals surface area contributed by atoms with Crippen molar-refractivity contribution < 1.29 is 9.66 Å². The second-order valence-electron chi connectivity index (χ2n) is 4.73. The molecule has 0 saturated heterocycles. The summed E-state index contributed by atoms with van der Waals surface area (Å²) in [7, 11) is 0. The normalized spacial score (nSPS) is 16.7. The third kappa shape index (κ3) is 2.69. The van der Waals surface area contributed by atoms with Crippen LogP contribution in [0.15, 0.2) is 59.1 Å². The molecule has 1 aliphatic rings. The Bertz CT molecular complexity index is 713. The molecule has 0 spiro atoms. The van der Waals surface area contributed by atoms with E-state index < -0.39 is 4.92 Å². The van der Waals surface area contributed by atoms with Crippen LogP contribution in [0.4, 0.5) is 5.69 Å². The number of halogens is 1. The number of hydrogen-bond acceptors (Lipinski definition) is 3. The summed E-state index contributed by atoms with van der Waals surface area (Å²) in [6.45, 7) is 0.332. The molecule has 4 nitrogen and oxygen atoms in total. The summed E-state index contributed by atoms with van der Waals surface area (Å²) >= 11 is 3.35. The topological polar surface area (TPSA) is 52.4 Å². The van der Waals surface area contributed by atoms with Gasteiger partial charge in [-0.3, -0.25) is 10.1 Å². The molecule has 5 heteroatoms. The monoisotopic (exact) mass is 345 g/mol. The Balaban J connectivity index is 2.21. The largest absolute Gasteiger partial charge is 0.482 e. The molecule has 106 valence electrons. The summed E-state index contributed by atoms with van der Waals surface area (Å²) in [6.07, 6.45) is 3.92. The number of nitro groups is 1. The lowest BCUT2D eigenvalue weighted by molar-refractivity contribution is -0.385. The quantitative estimate of drug-likeness (QED) is 0.459. The fourth-order valence-electron chi connectivity index (χ4n) is 2.50. The van der Waals surface area contributed by atoms with E-state index >= 15 is 0 Å². The molecule has 0 aromatic heterocycles. The molecule has 1 heterocycles.